The van der Waals surface area contributed by atoms with Crippen molar-refractivity contribution in [3.05, 3.63) is 54.1 Å². The van der Waals surface area contributed by atoms with Gasteiger partial charge in [0.15, 0.2) is 0 Å². The van der Waals surface area contributed by atoms with E-state index in [9.17, 15) is 13.2 Å². The number of sulfonamides is 1. The summed E-state index contributed by atoms with van der Waals surface area (Å²) in [6, 6.07) is 13.2. The first-order chi connectivity index (χ1) is 13.3. The Morgan fingerprint density at radius 2 is 1.57 bits per heavy atom. The first kappa shape index (κ1) is 21.8. The molecule has 3 N–H and O–H groups in total. The monoisotopic (exact) mass is 403 g/mol. The number of anilines is 2. The van der Waals surface area contributed by atoms with Crippen LogP contribution in [0.15, 0.2) is 53.4 Å². The van der Waals surface area contributed by atoms with Gasteiger partial charge >= 0.3 is 6.03 Å². The predicted octanol–water partition coefficient (Wildman–Crippen LogP) is 4.61. The molecule has 0 spiro atoms. The lowest BCUT2D eigenvalue weighted by Crippen LogP contribution is -2.31. The van der Waals surface area contributed by atoms with Gasteiger partial charge in [-0.15, -0.1) is 0 Å². The van der Waals surface area contributed by atoms with Gasteiger partial charge < -0.3 is 10.6 Å². The maximum absolute atomic E-state index is 12.6. The second-order valence-electron chi connectivity index (χ2n) is 7.16. The normalized spacial score (nSPS) is 11.3. The van der Waals surface area contributed by atoms with Crippen molar-refractivity contribution in [2.45, 2.75) is 44.9 Å². The molecular weight excluding hydrogens is 374 g/mol. The minimum absolute atomic E-state index is 0.135. The fraction of sp³-hybridized carbons (Fsp3) is 0.381. The van der Waals surface area contributed by atoms with Gasteiger partial charge in [0.1, 0.15) is 0 Å². The molecule has 0 aliphatic heterocycles. The van der Waals surface area contributed by atoms with Gasteiger partial charge in [-0.3, -0.25) is 4.72 Å². The SMILES string of the molecule is CCCCc1ccc(NS(=O)(=O)c2ccc(NC(=O)NCC(C)C)cc2)cc1. The standard InChI is InChI=1S/C21H29N3O3S/c1-4-5-6-17-7-9-19(10-8-17)24-28(26,27)20-13-11-18(12-14-20)23-21(25)22-15-16(2)3/h7-14,16,24H,4-6,15H2,1-3H3,(H2,22,23,25). The van der Waals surface area contributed by atoms with E-state index in [0.717, 1.165) is 19.3 Å². The first-order valence-electron chi connectivity index (χ1n) is 9.57. The molecular formula is C21H29N3O3S. The summed E-state index contributed by atoms with van der Waals surface area (Å²) in [5.41, 5.74) is 2.24. The highest BCUT2D eigenvalue weighted by Gasteiger charge is 2.14. The highest BCUT2D eigenvalue weighted by molar-refractivity contribution is 7.92. The van der Waals surface area contributed by atoms with E-state index in [1.807, 2.05) is 26.0 Å². The summed E-state index contributed by atoms with van der Waals surface area (Å²) in [4.78, 5) is 11.9. The van der Waals surface area contributed by atoms with Gasteiger partial charge in [0.05, 0.1) is 4.90 Å². The maximum Gasteiger partial charge on any atom is 0.319 e. The summed E-state index contributed by atoms with van der Waals surface area (Å²) < 4.78 is 27.7. The topological polar surface area (TPSA) is 87.3 Å². The molecule has 0 saturated heterocycles. The second kappa shape index (κ2) is 10.1. The van der Waals surface area contributed by atoms with Crippen molar-refractivity contribution >= 4 is 27.4 Å². The zero-order valence-corrected chi connectivity index (χ0v) is 17.5. The average Bonchev–Trinajstić information content (AvgIpc) is 2.66. The van der Waals surface area contributed by atoms with Crippen LogP contribution >= 0.6 is 0 Å². The molecule has 2 aromatic rings. The van der Waals surface area contributed by atoms with Crippen LogP contribution in [0.3, 0.4) is 0 Å². The Morgan fingerprint density at radius 3 is 2.14 bits per heavy atom. The van der Waals surface area contributed by atoms with Crippen molar-refractivity contribution in [2.75, 3.05) is 16.6 Å². The Morgan fingerprint density at radius 1 is 0.964 bits per heavy atom. The number of hydrogen-bond donors (Lipinski definition) is 3. The number of urea groups is 1. The zero-order valence-electron chi connectivity index (χ0n) is 16.7. The van der Waals surface area contributed by atoms with Crippen LogP contribution in [-0.2, 0) is 16.4 Å². The van der Waals surface area contributed by atoms with Crippen LogP contribution in [-0.4, -0.2) is 21.0 Å². The molecule has 152 valence electrons. The largest absolute Gasteiger partial charge is 0.338 e. The van der Waals surface area contributed by atoms with Crippen LogP contribution in [0.2, 0.25) is 0 Å². The van der Waals surface area contributed by atoms with E-state index >= 15 is 0 Å². The molecule has 0 unspecified atom stereocenters. The van der Waals surface area contributed by atoms with Crippen molar-refractivity contribution in [1.82, 2.24) is 5.32 Å². The third-order valence-electron chi connectivity index (χ3n) is 4.12. The number of unbranched alkanes of at least 4 members (excludes halogenated alkanes) is 1. The van der Waals surface area contributed by atoms with Gasteiger partial charge in [0, 0.05) is 17.9 Å². The van der Waals surface area contributed by atoms with Crippen LogP contribution in [0.25, 0.3) is 0 Å². The van der Waals surface area contributed by atoms with Gasteiger partial charge in [-0.2, -0.15) is 0 Å². The van der Waals surface area contributed by atoms with Gasteiger partial charge in [-0.25, -0.2) is 13.2 Å². The molecule has 2 amide bonds. The molecule has 7 heteroatoms. The molecule has 6 nitrogen and oxygen atoms in total. The smallest absolute Gasteiger partial charge is 0.319 e. The van der Waals surface area contributed by atoms with Crippen molar-refractivity contribution in [3.8, 4) is 0 Å². The number of aryl methyl sites for hydroxylation is 1. The molecule has 28 heavy (non-hydrogen) atoms. The first-order valence-corrected chi connectivity index (χ1v) is 11.0. The number of benzene rings is 2. The second-order valence-corrected chi connectivity index (χ2v) is 8.84. The van der Waals surface area contributed by atoms with Gasteiger partial charge in [0.25, 0.3) is 10.0 Å². The van der Waals surface area contributed by atoms with Gasteiger partial charge in [0.2, 0.25) is 0 Å². The van der Waals surface area contributed by atoms with E-state index < -0.39 is 10.0 Å². The van der Waals surface area contributed by atoms with Crippen LogP contribution < -0.4 is 15.4 Å². The number of nitrogens with one attached hydrogen (secondary N) is 3. The number of amides is 2. The molecule has 2 rings (SSSR count). The van der Waals surface area contributed by atoms with Crippen LogP contribution in [0.1, 0.15) is 39.2 Å². The maximum atomic E-state index is 12.6. The van der Waals surface area contributed by atoms with E-state index in [4.69, 9.17) is 0 Å². The number of carbonyl (C=O) groups excluding carboxylic acids is 1. The van der Waals surface area contributed by atoms with Crippen LogP contribution in [0.4, 0.5) is 16.2 Å². The fourth-order valence-electron chi connectivity index (χ4n) is 2.52. The predicted molar refractivity (Wildman–Crippen MR) is 114 cm³/mol. The van der Waals surface area contributed by atoms with Crippen molar-refractivity contribution in [3.63, 3.8) is 0 Å². The molecule has 0 aromatic heterocycles. The quantitative estimate of drug-likeness (QED) is 0.571. The summed E-state index contributed by atoms with van der Waals surface area (Å²) >= 11 is 0. The molecule has 0 atom stereocenters. The number of rotatable bonds is 9. The van der Waals surface area contributed by atoms with E-state index in [0.29, 0.717) is 23.8 Å². The van der Waals surface area contributed by atoms with Crippen molar-refractivity contribution in [2.24, 2.45) is 5.92 Å². The zero-order chi connectivity index (χ0) is 20.6. The van der Waals surface area contributed by atoms with Gasteiger partial charge in [-0.05, 0) is 60.7 Å². The molecule has 0 aliphatic carbocycles. The minimum Gasteiger partial charge on any atom is -0.338 e. The number of carbonyl (C=O) groups is 1. The Labute approximate surface area is 167 Å². The molecule has 0 bridgehead atoms. The molecule has 0 heterocycles. The molecule has 0 aliphatic rings. The minimum atomic E-state index is -3.69. The van der Waals surface area contributed by atoms with E-state index in [1.54, 1.807) is 24.3 Å². The van der Waals surface area contributed by atoms with Crippen LogP contribution in [0.5, 0.6) is 0 Å². The lowest BCUT2D eigenvalue weighted by atomic mass is 10.1. The Bertz CT molecular complexity index is 861. The fourth-order valence-corrected chi connectivity index (χ4v) is 3.58. The highest BCUT2D eigenvalue weighted by Crippen LogP contribution is 2.19. The Hall–Kier alpha value is -2.54. The summed E-state index contributed by atoms with van der Waals surface area (Å²) in [5, 5.41) is 5.43. The summed E-state index contributed by atoms with van der Waals surface area (Å²) in [5.74, 6) is 0.352. The lowest BCUT2D eigenvalue weighted by Gasteiger charge is -2.11. The molecule has 0 radical (unpaired) electrons. The summed E-state index contributed by atoms with van der Waals surface area (Å²) in [7, 11) is -3.69. The molecule has 2 aromatic carbocycles. The Balaban J connectivity index is 1.98. The van der Waals surface area contributed by atoms with Crippen molar-refractivity contribution < 1.29 is 13.2 Å². The van der Waals surface area contributed by atoms with E-state index in [-0.39, 0.29) is 10.9 Å². The molecule has 0 saturated carbocycles. The molecule has 0 fully saturated rings. The van der Waals surface area contributed by atoms with E-state index in [2.05, 4.69) is 22.3 Å². The lowest BCUT2D eigenvalue weighted by molar-refractivity contribution is 0.251. The third-order valence-corrected chi connectivity index (χ3v) is 5.52. The van der Waals surface area contributed by atoms with Crippen LogP contribution in [0, 0.1) is 5.92 Å². The average molecular weight is 404 g/mol. The van der Waals surface area contributed by atoms with E-state index in [1.165, 1.54) is 17.7 Å². The Kier molecular flexibility index (Phi) is 7.87. The van der Waals surface area contributed by atoms with Crippen molar-refractivity contribution in [1.29, 1.82) is 0 Å². The highest BCUT2D eigenvalue weighted by atomic mass is 32.2. The van der Waals surface area contributed by atoms with Gasteiger partial charge in [-0.1, -0.05) is 39.3 Å². The third kappa shape index (κ3) is 6.88. The summed E-state index contributed by atoms with van der Waals surface area (Å²) in [6.07, 6.45) is 3.22. The summed E-state index contributed by atoms with van der Waals surface area (Å²) in [6.45, 7) is 6.72. The number of hydrogen-bond acceptors (Lipinski definition) is 3.